The van der Waals surface area contributed by atoms with Crippen molar-refractivity contribution in [2.45, 2.75) is 390 Å². The van der Waals surface area contributed by atoms with Crippen molar-refractivity contribution in [1.29, 1.82) is 0 Å². The number of methoxy groups -OCH3 is 1. The average molecular weight is 1460 g/mol. The molecule has 2 fully saturated rings. The predicted octanol–water partition coefficient (Wildman–Crippen LogP) is 13.4. The number of aliphatic hydroxyl groups excluding tert-OH is 3. The summed E-state index contributed by atoms with van der Waals surface area (Å²) in [7, 11) is -10.4. The van der Waals surface area contributed by atoms with Gasteiger partial charge in [-0.25, -0.2) is 4.57 Å². The SMILES string of the molecule is CCCCCC/C=C\CCCC(=O)O[C@H](CCCCCCC)CCO[C@H]1[C@H](O)[C@@H](COC)O[C@](OC[C@H]2O[C@H](OP(=O)(O)O)[C@H](NC(=O)CC(=O)CCCCCCCCCCC)[C@@H](OCC[C@H](O)CCCCCCC)[C@@H]2O)(P(=O)(O)O)[C@@H]1NC(=O)CC(=O)CCCCCCCCCCC. The molecule has 2 aliphatic rings. The van der Waals surface area contributed by atoms with E-state index in [1.165, 1.54) is 32.8 Å². The Hall–Kier alpha value is -2.61. The molecule has 99 heavy (non-hydrogen) atoms. The summed E-state index contributed by atoms with van der Waals surface area (Å²) in [6.45, 7) is 8.28. The van der Waals surface area contributed by atoms with Crippen LogP contribution in [0, 0.1) is 0 Å². The number of Topliss-reactive ketones (excluding diaryl/α,β-unsaturated/α-hetero) is 2. The molecule has 0 unspecified atom stereocenters. The number of amides is 2. The molecule has 0 aromatic rings. The van der Waals surface area contributed by atoms with Gasteiger partial charge in [-0.2, -0.15) is 0 Å². The molecule has 2 heterocycles. The molecule has 0 aromatic heterocycles. The van der Waals surface area contributed by atoms with Gasteiger partial charge in [0, 0.05) is 39.4 Å². The minimum atomic E-state index is -6.07. The van der Waals surface area contributed by atoms with Gasteiger partial charge in [-0.15, -0.1) is 0 Å². The first-order chi connectivity index (χ1) is 47.5. The van der Waals surface area contributed by atoms with Crippen molar-refractivity contribution in [1.82, 2.24) is 10.6 Å². The number of rotatable bonds is 64. The van der Waals surface area contributed by atoms with Crippen LogP contribution in [-0.4, -0.2) is 171 Å². The molecule has 2 amide bonds. The second-order valence-electron chi connectivity index (χ2n) is 27.6. The molecule has 0 aliphatic carbocycles. The maximum atomic E-state index is 14.6. The second kappa shape index (κ2) is 55.8. The van der Waals surface area contributed by atoms with Crippen molar-refractivity contribution >= 4 is 44.8 Å². The Morgan fingerprint density at radius 1 is 0.515 bits per heavy atom. The van der Waals surface area contributed by atoms with Crippen LogP contribution in [-0.2, 0) is 70.8 Å². The summed E-state index contributed by atoms with van der Waals surface area (Å²) in [6, 6.07) is -3.99. The lowest BCUT2D eigenvalue weighted by molar-refractivity contribution is -0.324. The number of unbranched alkanes of at least 4 members (excludes halogenated alkanes) is 29. The average Bonchev–Trinajstić information content (AvgIpc) is 0.733. The smallest absolute Gasteiger partial charge is 0.462 e. The number of hydrogen-bond acceptors (Lipinski definition) is 18. The van der Waals surface area contributed by atoms with E-state index in [9.17, 15) is 68.0 Å². The third kappa shape index (κ3) is 41.0. The fraction of sp³-hybridized carbons (Fsp3) is 0.904. The number of esters is 1. The Kier molecular flexibility index (Phi) is 52.1. The zero-order chi connectivity index (χ0) is 73.2. The first kappa shape index (κ1) is 92.5. The van der Waals surface area contributed by atoms with Crippen molar-refractivity contribution in [2.75, 3.05) is 33.5 Å². The number of ether oxygens (including phenoxy) is 7. The monoisotopic (exact) mass is 1450 g/mol. The lowest BCUT2D eigenvalue weighted by atomic mass is 9.95. The normalized spacial score (nSPS) is 22.7. The van der Waals surface area contributed by atoms with E-state index in [-0.39, 0.29) is 45.3 Å². The van der Waals surface area contributed by atoms with E-state index in [4.69, 9.17) is 37.7 Å². The summed E-state index contributed by atoms with van der Waals surface area (Å²) in [4.78, 5) is 113. The van der Waals surface area contributed by atoms with E-state index in [1.807, 2.05) is 0 Å². The topological polar surface area (TPSA) is 359 Å². The van der Waals surface area contributed by atoms with Crippen molar-refractivity contribution in [3.63, 3.8) is 0 Å². The van der Waals surface area contributed by atoms with Crippen LogP contribution in [0.15, 0.2) is 12.2 Å². The van der Waals surface area contributed by atoms with Gasteiger partial charge in [0.15, 0.2) is 6.29 Å². The Balaban J connectivity index is 2.68. The minimum absolute atomic E-state index is 0.0108. The molecule has 2 aliphatic heterocycles. The molecule has 0 aromatic carbocycles. The van der Waals surface area contributed by atoms with Gasteiger partial charge in [0.25, 0.3) is 5.53 Å². The van der Waals surface area contributed by atoms with Gasteiger partial charge < -0.3 is 78.7 Å². The van der Waals surface area contributed by atoms with Crippen molar-refractivity contribution in [3.05, 3.63) is 12.2 Å². The van der Waals surface area contributed by atoms with Gasteiger partial charge in [0.05, 0.1) is 38.8 Å². The minimum Gasteiger partial charge on any atom is -0.462 e. The second-order valence-corrected chi connectivity index (χ2v) is 30.5. The van der Waals surface area contributed by atoms with Gasteiger partial charge in [-0.3, -0.25) is 33.1 Å². The number of hydrogen-bond donors (Lipinski definition) is 9. The molecular weight excluding hydrogens is 1320 g/mol. The van der Waals surface area contributed by atoms with E-state index in [0.717, 1.165) is 161 Å². The lowest BCUT2D eigenvalue weighted by Gasteiger charge is -2.52. The fourth-order valence-corrected chi connectivity index (χ4v) is 14.3. The number of ketones is 2. The van der Waals surface area contributed by atoms with Crippen LogP contribution in [0.25, 0.3) is 0 Å². The fourth-order valence-electron chi connectivity index (χ4n) is 12.8. The molecule has 24 nitrogen and oxygen atoms in total. The number of allylic oxidation sites excluding steroid dienone is 2. The van der Waals surface area contributed by atoms with Gasteiger partial charge in [0.2, 0.25) is 11.8 Å². The van der Waals surface area contributed by atoms with Gasteiger partial charge >= 0.3 is 21.4 Å². The molecule has 0 spiro atoms. The van der Waals surface area contributed by atoms with Crippen LogP contribution < -0.4 is 10.6 Å². The van der Waals surface area contributed by atoms with Crippen LogP contribution in [0.4, 0.5) is 0 Å². The molecule has 580 valence electrons. The predicted molar refractivity (Wildman–Crippen MR) is 381 cm³/mol. The highest BCUT2D eigenvalue weighted by Crippen LogP contribution is 2.58. The summed E-state index contributed by atoms with van der Waals surface area (Å²) in [5, 5.41) is 40.7. The van der Waals surface area contributed by atoms with Crippen LogP contribution in [0.5, 0.6) is 0 Å². The molecule has 2 rings (SSSR count). The first-order valence-corrected chi connectivity index (χ1v) is 41.6. The molecule has 26 heteroatoms. The number of phosphoric ester groups is 1. The van der Waals surface area contributed by atoms with Gasteiger partial charge in [0.1, 0.15) is 66.4 Å². The molecule has 0 radical (unpaired) electrons. The highest BCUT2D eigenvalue weighted by atomic mass is 31.2. The Morgan fingerprint density at radius 3 is 1.46 bits per heavy atom. The van der Waals surface area contributed by atoms with E-state index < -0.39 is 144 Å². The zero-order valence-corrected chi connectivity index (χ0v) is 63.4. The summed E-state index contributed by atoms with van der Waals surface area (Å²) in [5.41, 5.74) is -3.41. The molecule has 12 atom stereocenters. The Bertz CT molecular complexity index is 2260. The highest BCUT2D eigenvalue weighted by Gasteiger charge is 2.66. The van der Waals surface area contributed by atoms with Crippen molar-refractivity contribution in [2.24, 2.45) is 0 Å². The zero-order valence-electron chi connectivity index (χ0n) is 61.6. The van der Waals surface area contributed by atoms with Crippen LogP contribution in [0.2, 0.25) is 0 Å². The van der Waals surface area contributed by atoms with Gasteiger partial charge in [-0.1, -0.05) is 227 Å². The number of carbonyl (C=O) groups excluding carboxylic acids is 5. The maximum Gasteiger partial charge on any atom is 0.472 e. The van der Waals surface area contributed by atoms with E-state index in [0.29, 0.717) is 51.4 Å². The Morgan fingerprint density at radius 2 is 0.960 bits per heavy atom. The van der Waals surface area contributed by atoms with Gasteiger partial charge in [-0.05, 0) is 64.2 Å². The third-order valence-electron chi connectivity index (χ3n) is 18.6. The Labute approximate surface area is 594 Å². The summed E-state index contributed by atoms with van der Waals surface area (Å²) in [5.74, 6) is -3.32. The highest BCUT2D eigenvalue weighted by molar-refractivity contribution is 7.53. The quantitative estimate of drug-likeness (QED) is 0.00898. The van der Waals surface area contributed by atoms with Crippen LogP contribution in [0.1, 0.15) is 317 Å². The summed E-state index contributed by atoms with van der Waals surface area (Å²) >= 11 is 0. The summed E-state index contributed by atoms with van der Waals surface area (Å²) < 4.78 is 75.0. The lowest BCUT2D eigenvalue weighted by Crippen LogP contribution is -2.72. The van der Waals surface area contributed by atoms with Crippen molar-refractivity contribution < 1.29 is 106 Å². The molecule has 0 saturated carbocycles. The number of nitrogens with one attached hydrogen (secondary N) is 2. The van der Waals surface area contributed by atoms with E-state index in [2.05, 4.69) is 57.4 Å². The van der Waals surface area contributed by atoms with Crippen LogP contribution >= 0.6 is 15.4 Å². The molecule has 2 saturated heterocycles. The molecule has 0 bridgehead atoms. The standard InChI is InChI=1S/C73H136N2O22P2/c1-7-12-17-22-25-28-31-36-40-45-58(77)53-63(79)74-66-69(91-51-49-57(76)44-39-34-20-15-10-4)67(82)61(95-72(66)97-99(87,88)89)56-93-73(98(84,85)86)71(75-64(80)54-59(78)46-41-37-32-29-26-23-18-13-8-2)70(68(83)62(96-73)55-90-6)92-52-50-60(47-42-35-21-16-11-5)94-65(81)48-43-38-33-30-27-24-19-14-9-3/h30,33,57,60-62,66-72,76,82-83H,7-29,31-32,34-56H2,1-6H3,(H,74,79)(H,75,80)(H2,84,85,86)(H2,87,88,89)/b33-30-/t57-,60-,61-,62-,66-,67-,68-,69-,70+,71-,72-,73+/m1/s1. The van der Waals surface area contributed by atoms with Crippen LogP contribution in [0.3, 0.4) is 0 Å². The maximum absolute atomic E-state index is 14.6. The largest absolute Gasteiger partial charge is 0.472 e. The van der Waals surface area contributed by atoms with Crippen molar-refractivity contribution in [3.8, 4) is 0 Å². The summed E-state index contributed by atoms with van der Waals surface area (Å²) in [6.07, 6.45) is 22.5. The van der Waals surface area contributed by atoms with E-state index >= 15 is 0 Å². The number of phosphoric acid groups is 1. The van der Waals surface area contributed by atoms with E-state index in [1.54, 1.807) is 0 Å². The third-order valence-corrected chi connectivity index (χ3v) is 20.4. The number of aliphatic hydroxyl groups is 3. The molecular formula is C73H136N2O22P2. The first-order valence-electron chi connectivity index (χ1n) is 38.5. The number of carbonyl (C=O) groups is 5. The molecule has 9 N–H and O–H groups in total.